The molecule has 1 aliphatic rings. The van der Waals surface area contributed by atoms with Gasteiger partial charge in [0.25, 0.3) is 0 Å². The predicted octanol–water partition coefficient (Wildman–Crippen LogP) is 1.64. The van der Waals surface area contributed by atoms with Crippen molar-refractivity contribution in [3.63, 3.8) is 0 Å². The van der Waals surface area contributed by atoms with Crippen LogP contribution in [0, 0.1) is 12.8 Å². The van der Waals surface area contributed by atoms with Crippen LogP contribution < -0.4 is 10.2 Å². The summed E-state index contributed by atoms with van der Waals surface area (Å²) in [6, 6.07) is 7.96. The Hall–Kier alpha value is -1.35. The number of nitrogens with one attached hydrogen (secondary N) is 2. The molecular formula is C16H25N2O+. The number of carbonyl (C=O) groups is 1. The molecule has 0 radical (unpaired) electrons. The lowest BCUT2D eigenvalue weighted by Gasteiger charge is -2.27. The maximum Gasteiger partial charge on any atom is 0.230 e. The first-order chi connectivity index (χ1) is 9.13. The van der Waals surface area contributed by atoms with Crippen LogP contribution in [-0.4, -0.2) is 25.5 Å². The molecule has 1 saturated heterocycles. The molecular weight excluding hydrogens is 236 g/mol. The number of hydrogen-bond acceptors (Lipinski definition) is 1. The fourth-order valence-electron chi connectivity index (χ4n) is 2.86. The zero-order valence-corrected chi connectivity index (χ0v) is 12.0. The summed E-state index contributed by atoms with van der Waals surface area (Å²) in [6.45, 7) is 7.75. The van der Waals surface area contributed by atoms with Crippen molar-refractivity contribution in [2.75, 3.05) is 25.0 Å². The first-order valence-electron chi connectivity index (χ1n) is 7.33. The number of hydrogen-bond donors (Lipinski definition) is 2. The van der Waals surface area contributed by atoms with Crippen molar-refractivity contribution >= 4 is 11.6 Å². The van der Waals surface area contributed by atoms with Gasteiger partial charge in [0.15, 0.2) is 0 Å². The van der Waals surface area contributed by atoms with E-state index in [4.69, 9.17) is 0 Å². The highest BCUT2D eigenvalue weighted by molar-refractivity contribution is 5.90. The molecule has 0 aromatic heterocycles. The Balaban J connectivity index is 1.75. The van der Waals surface area contributed by atoms with Crippen molar-refractivity contribution in [2.45, 2.75) is 33.1 Å². The number of amides is 1. The maximum absolute atomic E-state index is 11.9. The van der Waals surface area contributed by atoms with E-state index in [0.717, 1.165) is 18.2 Å². The summed E-state index contributed by atoms with van der Waals surface area (Å²) in [7, 11) is 0. The number of piperidine rings is 1. The molecule has 1 amide bonds. The van der Waals surface area contributed by atoms with E-state index in [0.29, 0.717) is 6.42 Å². The molecule has 0 bridgehead atoms. The molecule has 2 N–H and O–H groups in total. The minimum absolute atomic E-state index is 0.135. The summed E-state index contributed by atoms with van der Waals surface area (Å²) in [5.41, 5.74) is 2.08. The Morgan fingerprint density at radius 3 is 3.05 bits per heavy atom. The van der Waals surface area contributed by atoms with E-state index in [1.807, 2.05) is 31.2 Å². The van der Waals surface area contributed by atoms with Gasteiger partial charge in [-0.1, -0.05) is 19.1 Å². The second-order valence-corrected chi connectivity index (χ2v) is 5.87. The summed E-state index contributed by atoms with van der Waals surface area (Å²) in [6.07, 6.45) is 3.27. The van der Waals surface area contributed by atoms with Crippen LogP contribution in [0.15, 0.2) is 24.3 Å². The molecule has 2 atom stereocenters. The van der Waals surface area contributed by atoms with Crippen molar-refractivity contribution < 1.29 is 9.69 Å². The molecule has 3 heteroatoms. The summed E-state index contributed by atoms with van der Waals surface area (Å²) in [5.74, 6) is 0.944. The standard InChI is InChI=1S/C16H24N2O/c1-13-5-3-7-15(11-13)17-16(19)8-10-18-9-4-6-14(2)12-18/h3,5,7,11,14H,4,6,8-10,12H2,1-2H3,(H,17,19)/p+1/t14-/m1/s1. The van der Waals surface area contributed by atoms with Crippen molar-refractivity contribution in [3.8, 4) is 0 Å². The minimum atomic E-state index is 0.135. The van der Waals surface area contributed by atoms with Gasteiger partial charge in [-0.05, 0) is 37.5 Å². The molecule has 1 aromatic carbocycles. The van der Waals surface area contributed by atoms with Gasteiger partial charge in [-0.15, -0.1) is 0 Å². The van der Waals surface area contributed by atoms with E-state index in [1.165, 1.54) is 31.5 Å². The monoisotopic (exact) mass is 261 g/mol. The first kappa shape index (κ1) is 14.1. The predicted molar refractivity (Wildman–Crippen MR) is 78.4 cm³/mol. The third-order valence-corrected chi connectivity index (χ3v) is 3.87. The Labute approximate surface area is 116 Å². The number of benzene rings is 1. The fourth-order valence-corrected chi connectivity index (χ4v) is 2.86. The second-order valence-electron chi connectivity index (χ2n) is 5.87. The summed E-state index contributed by atoms with van der Waals surface area (Å²) >= 11 is 0. The molecule has 1 fully saturated rings. The van der Waals surface area contributed by atoms with E-state index in [-0.39, 0.29) is 5.91 Å². The van der Waals surface area contributed by atoms with Crippen LogP contribution in [0.5, 0.6) is 0 Å². The SMILES string of the molecule is Cc1cccc(NC(=O)CC[NH+]2CCC[C@@H](C)C2)c1. The van der Waals surface area contributed by atoms with Crippen LogP contribution in [0.2, 0.25) is 0 Å². The Kier molecular flexibility index (Phi) is 4.97. The van der Waals surface area contributed by atoms with Gasteiger partial charge in [-0.25, -0.2) is 0 Å². The number of aryl methyl sites for hydroxylation is 1. The number of anilines is 1. The number of rotatable bonds is 4. The van der Waals surface area contributed by atoms with Gasteiger partial charge in [0, 0.05) is 11.6 Å². The largest absolute Gasteiger partial charge is 0.334 e. The second kappa shape index (κ2) is 6.71. The smallest absolute Gasteiger partial charge is 0.230 e. The van der Waals surface area contributed by atoms with E-state index in [1.54, 1.807) is 4.90 Å². The lowest BCUT2D eigenvalue weighted by Crippen LogP contribution is -3.13. The molecule has 1 aliphatic heterocycles. The minimum Gasteiger partial charge on any atom is -0.334 e. The Bertz CT molecular complexity index is 431. The molecule has 0 spiro atoms. The third kappa shape index (κ3) is 4.67. The quantitative estimate of drug-likeness (QED) is 0.849. The van der Waals surface area contributed by atoms with Crippen molar-refractivity contribution in [1.29, 1.82) is 0 Å². The van der Waals surface area contributed by atoms with Crippen LogP contribution in [0.3, 0.4) is 0 Å². The van der Waals surface area contributed by atoms with E-state index in [9.17, 15) is 4.79 Å². The van der Waals surface area contributed by atoms with Gasteiger partial charge < -0.3 is 10.2 Å². The topological polar surface area (TPSA) is 33.5 Å². The van der Waals surface area contributed by atoms with Crippen LogP contribution in [-0.2, 0) is 4.79 Å². The highest BCUT2D eigenvalue weighted by atomic mass is 16.1. The number of carbonyl (C=O) groups excluding carboxylic acids is 1. The van der Waals surface area contributed by atoms with E-state index in [2.05, 4.69) is 12.2 Å². The Morgan fingerprint density at radius 1 is 1.47 bits per heavy atom. The van der Waals surface area contributed by atoms with Crippen LogP contribution in [0.1, 0.15) is 31.7 Å². The number of likely N-dealkylation sites (tertiary alicyclic amines) is 1. The maximum atomic E-state index is 11.9. The van der Waals surface area contributed by atoms with Gasteiger partial charge in [-0.3, -0.25) is 4.79 Å². The van der Waals surface area contributed by atoms with Gasteiger partial charge in [0.1, 0.15) is 0 Å². The normalized spacial score (nSPS) is 23.1. The zero-order chi connectivity index (χ0) is 13.7. The zero-order valence-electron chi connectivity index (χ0n) is 12.0. The summed E-state index contributed by atoms with van der Waals surface area (Å²) in [5, 5.41) is 2.98. The molecule has 3 nitrogen and oxygen atoms in total. The molecule has 104 valence electrons. The first-order valence-corrected chi connectivity index (χ1v) is 7.33. The van der Waals surface area contributed by atoms with Crippen molar-refractivity contribution in [2.24, 2.45) is 5.92 Å². The van der Waals surface area contributed by atoms with Crippen molar-refractivity contribution in [3.05, 3.63) is 29.8 Å². The van der Waals surface area contributed by atoms with Gasteiger partial charge >= 0.3 is 0 Å². The molecule has 19 heavy (non-hydrogen) atoms. The lowest BCUT2D eigenvalue weighted by molar-refractivity contribution is -0.907. The molecule has 1 aromatic rings. The average molecular weight is 261 g/mol. The molecule has 1 heterocycles. The molecule has 0 saturated carbocycles. The summed E-state index contributed by atoms with van der Waals surface area (Å²) < 4.78 is 0. The molecule has 1 unspecified atom stereocenters. The fraction of sp³-hybridized carbons (Fsp3) is 0.562. The van der Waals surface area contributed by atoms with Gasteiger partial charge in [0.2, 0.25) is 5.91 Å². The average Bonchev–Trinajstić information content (AvgIpc) is 2.36. The van der Waals surface area contributed by atoms with E-state index >= 15 is 0 Å². The Morgan fingerprint density at radius 2 is 2.32 bits per heavy atom. The van der Waals surface area contributed by atoms with E-state index < -0.39 is 0 Å². The van der Waals surface area contributed by atoms with Crippen LogP contribution >= 0.6 is 0 Å². The molecule has 0 aliphatic carbocycles. The summed E-state index contributed by atoms with van der Waals surface area (Å²) in [4.78, 5) is 13.5. The van der Waals surface area contributed by atoms with Gasteiger partial charge in [0.05, 0.1) is 26.1 Å². The lowest BCUT2D eigenvalue weighted by atomic mass is 10.0. The molecule has 2 rings (SSSR count). The number of quaternary nitrogens is 1. The highest BCUT2D eigenvalue weighted by Gasteiger charge is 2.20. The van der Waals surface area contributed by atoms with Crippen LogP contribution in [0.4, 0.5) is 5.69 Å². The highest BCUT2D eigenvalue weighted by Crippen LogP contribution is 2.09. The van der Waals surface area contributed by atoms with Crippen molar-refractivity contribution in [1.82, 2.24) is 0 Å². The third-order valence-electron chi connectivity index (χ3n) is 3.87. The van der Waals surface area contributed by atoms with Gasteiger partial charge in [-0.2, -0.15) is 0 Å². The van der Waals surface area contributed by atoms with Crippen LogP contribution in [0.25, 0.3) is 0 Å².